The van der Waals surface area contributed by atoms with Crippen molar-refractivity contribution in [3.63, 3.8) is 0 Å². The van der Waals surface area contributed by atoms with Crippen molar-refractivity contribution in [1.82, 2.24) is 10.2 Å². The van der Waals surface area contributed by atoms with E-state index in [-0.39, 0.29) is 30.3 Å². The van der Waals surface area contributed by atoms with Crippen LogP contribution in [-0.2, 0) is 9.53 Å². The van der Waals surface area contributed by atoms with Gasteiger partial charge in [-0.3, -0.25) is 4.79 Å². The van der Waals surface area contributed by atoms with Crippen LogP contribution in [0.4, 0.5) is 0 Å². The predicted molar refractivity (Wildman–Crippen MR) is 74.9 cm³/mol. The highest BCUT2D eigenvalue weighted by atomic mass is 35.5. The Bertz CT molecular complexity index is 253. The van der Waals surface area contributed by atoms with Crippen LogP contribution in [0, 0.1) is 5.92 Å². The lowest BCUT2D eigenvalue weighted by atomic mass is 9.99. The van der Waals surface area contributed by atoms with Crippen molar-refractivity contribution in [3.8, 4) is 0 Å². The lowest BCUT2D eigenvalue weighted by molar-refractivity contribution is -0.124. The number of nitrogens with one attached hydrogen (secondary N) is 1. The van der Waals surface area contributed by atoms with Gasteiger partial charge >= 0.3 is 0 Å². The number of hydrogen-bond donors (Lipinski definition) is 2. The molecule has 1 amide bonds. The van der Waals surface area contributed by atoms with Gasteiger partial charge in [0.25, 0.3) is 0 Å². The Balaban J connectivity index is 0.00000289. The van der Waals surface area contributed by atoms with Gasteiger partial charge in [0.2, 0.25) is 5.91 Å². The number of nitrogens with zero attached hydrogens (tertiary/aromatic N) is 1. The number of morpholine rings is 1. The van der Waals surface area contributed by atoms with Crippen molar-refractivity contribution in [2.24, 2.45) is 11.7 Å². The molecule has 3 unspecified atom stereocenters. The van der Waals surface area contributed by atoms with Crippen molar-refractivity contribution in [3.05, 3.63) is 0 Å². The van der Waals surface area contributed by atoms with Crippen LogP contribution in [-0.4, -0.2) is 56.2 Å². The van der Waals surface area contributed by atoms with E-state index in [0.717, 1.165) is 26.1 Å². The molecule has 5 nitrogen and oxygen atoms in total. The van der Waals surface area contributed by atoms with Gasteiger partial charge in [0.05, 0.1) is 18.8 Å². The molecule has 0 aromatic heterocycles. The van der Waals surface area contributed by atoms with Gasteiger partial charge in [0, 0.05) is 19.6 Å². The summed E-state index contributed by atoms with van der Waals surface area (Å²) in [5.41, 5.74) is 5.85. The zero-order valence-corrected chi connectivity index (χ0v) is 12.3. The summed E-state index contributed by atoms with van der Waals surface area (Å²) in [5, 5.41) is 2.87. The van der Waals surface area contributed by atoms with Gasteiger partial charge in [-0.1, -0.05) is 20.3 Å². The lowest BCUT2D eigenvalue weighted by Crippen LogP contribution is -2.50. The van der Waals surface area contributed by atoms with Crippen molar-refractivity contribution >= 4 is 18.3 Å². The number of ether oxygens (including phenoxy) is 1. The maximum atomic E-state index is 11.8. The van der Waals surface area contributed by atoms with Crippen LogP contribution in [0.3, 0.4) is 0 Å². The van der Waals surface area contributed by atoms with Gasteiger partial charge in [0.15, 0.2) is 0 Å². The minimum absolute atomic E-state index is 0. The normalized spacial score (nSPS) is 23.9. The molecular formula is C12H26ClN3O2. The molecule has 0 radical (unpaired) electrons. The van der Waals surface area contributed by atoms with E-state index in [9.17, 15) is 4.79 Å². The monoisotopic (exact) mass is 279 g/mol. The van der Waals surface area contributed by atoms with Crippen molar-refractivity contribution in [1.29, 1.82) is 0 Å². The zero-order chi connectivity index (χ0) is 12.8. The highest BCUT2D eigenvalue weighted by Crippen LogP contribution is 2.06. The lowest BCUT2D eigenvalue weighted by Gasteiger charge is -2.30. The molecule has 1 aliphatic rings. The minimum atomic E-state index is -0.415. The van der Waals surface area contributed by atoms with Crippen LogP contribution >= 0.6 is 12.4 Å². The van der Waals surface area contributed by atoms with Gasteiger partial charge in [-0.25, -0.2) is 0 Å². The third-order valence-electron chi connectivity index (χ3n) is 3.41. The number of carbonyl (C=O) groups excluding carboxylic acids is 1. The fourth-order valence-electron chi connectivity index (χ4n) is 1.83. The average molecular weight is 280 g/mol. The summed E-state index contributed by atoms with van der Waals surface area (Å²) < 4.78 is 5.57. The van der Waals surface area contributed by atoms with Gasteiger partial charge in [-0.2, -0.15) is 0 Å². The maximum Gasteiger partial charge on any atom is 0.237 e. The second kappa shape index (κ2) is 8.69. The van der Waals surface area contributed by atoms with E-state index in [2.05, 4.69) is 17.3 Å². The zero-order valence-electron chi connectivity index (χ0n) is 11.5. The summed E-state index contributed by atoms with van der Waals surface area (Å²) in [6.45, 7) is 7.13. The number of rotatable bonds is 5. The molecule has 0 spiro atoms. The molecule has 3 atom stereocenters. The summed E-state index contributed by atoms with van der Waals surface area (Å²) in [6, 6.07) is -0.415. The molecule has 1 heterocycles. The first-order valence-electron chi connectivity index (χ1n) is 6.38. The van der Waals surface area contributed by atoms with Crippen molar-refractivity contribution in [2.75, 3.05) is 33.3 Å². The molecule has 0 aliphatic carbocycles. The van der Waals surface area contributed by atoms with E-state index in [1.54, 1.807) is 0 Å². The van der Waals surface area contributed by atoms with E-state index in [1.165, 1.54) is 0 Å². The second-order valence-corrected chi connectivity index (χ2v) is 4.91. The van der Waals surface area contributed by atoms with Crippen LogP contribution in [0.15, 0.2) is 0 Å². The number of halogens is 1. The second-order valence-electron chi connectivity index (χ2n) is 4.91. The third kappa shape index (κ3) is 5.52. The Morgan fingerprint density at radius 2 is 2.28 bits per heavy atom. The molecule has 0 saturated carbocycles. The highest BCUT2D eigenvalue weighted by molar-refractivity contribution is 5.85. The Morgan fingerprint density at radius 3 is 2.83 bits per heavy atom. The molecule has 18 heavy (non-hydrogen) atoms. The van der Waals surface area contributed by atoms with Crippen LogP contribution in [0.2, 0.25) is 0 Å². The van der Waals surface area contributed by atoms with E-state index >= 15 is 0 Å². The third-order valence-corrected chi connectivity index (χ3v) is 3.41. The first-order chi connectivity index (χ1) is 8.04. The molecule has 3 N–H and O–H groups in total. The van der Waals surface area contributed by atoms with E-state index < -0.39 is 6.04 Å². The van der Waals surface area contributed by atoms with Gasteiger partial charge in [0.1, 0.15) is 0 Å². The summed E-state index contributed by atoms with van der Waals surface area (Å²) in [5.74, 6) is 0.140. The van der Waals surface area contributed by atoms with Crippen LogP contribution in [0.25, 0.3) is 0 Å². The molecule has 0 bridgehead atoms. The summed E-state index contributed by atoms with van der Waals surface area (Å²) in [7, 11) is 2.06. The van der Waals surface area contributed by atoms with Gasteiger partial charge < -0.3 is 20.7 Å². The first kappa shape index (κ1) is 17.6. The Morgan fingerprint density at radius 1 is 1.61 bits per heavy atom. The fraction of sp³-hybridized carbons (Fsp3) is 0.917. The Kier molecular flexibility index (Phi) is 8.52. The predicted octanol–water partition coefficient (Wildman–Crippen LogP) is 0.228. The molecule has 6 heteroatoms. The SMILES string of the molecule is CCC(C)C(N)C(=O)NCC1CN(C)CCO1.Cl. The number of nitrogens with two attached hydrogens (primary N) is 1. The van der Waals surface area contributed by atoms with Crippen LogP contribution in [0.1, 0.15) is 20.3 Å². The first-order valence-corrected chi connectivity index (χ1v) is 6.38. The number of hydrogen-bond acceptors (Lipinski definition) is 4. The van der Waals surface area contributed by atoms with E-state index in [1.807, 2.05) is 13.8 Å². The molecule has 0 aromatic carbocycles. The van der Waals surface area contributed by atoms with Gasteiger partial charge in [-0.15, -0.1) is 12.4 Å². The smallest absolute Gasteiger partial charge is 0.237 e. The molecule has 1 fully saturated rings. The van der Waals surface area contributed by atoms with Crippen molar-refractivity contribution in [2.45, 2.75) is 32.4 Å². The fourth-order valence-corrected chi connectivity index (χ4v) is 1.83. The number of carbonyl (C=O) groups is 1. The quantitative estimate of drug-likeness (QED) is 0.756. The standard InChI is InChI=1S/C12H25N3O2.ClH/c1-4-9(2)11(13)12(16)14-7-10-8-15(3)5-6-17-10;/h9-11H,4-8,13H2,1-3H3,(H,14,16);1H. The van der Waals surface area contributed by atoms with E-state index in [0.29, 0.717) is 6.54 Å². The Labute approximate surface area is 116 Å². The van der Waals surface area contributed by atoms with E-state index in [4.69, 9.17) is 10.5 Å². The van der Waals surface area contributed by atoms with Crippen LogP contribution in [0.5, 0.6) is 0 Å². The molecule has 1 aliphatic heterocycles. The van der Waals surface area contributed by atoms with Crippen molar-refractivity contribution < 1.29 is 9.53 Å². The molecule has 108 valence electrons. The topological polar surface area (TPSA) is 67.6 Å². The summed E-state index contributed by atoms with van der Waals surface area (Å²) in [4.78, 5) is 14.0. The summed E-state index contributed by atoms with van der Waals surface area (Å²) >= 11 is 0. The maximum absolute atomic E-state index is 11.8. The number of likely N-dealkylation sites (N-methyl/N-ethyl adjacent to an activating group) is 1. The minimum Gasteiger partial charge on any atom is -0.374 e. The highest BCUT2D eigenvalue weighted by Gasteiger charge is 2.22. The molecule has 1 rings (SSSR count). The van der Waals surface area contributed by atoms with Crippen LogP contribution < -0.4 is 11.1 Å². The Hall–Kier alpha value is -0.360. The molecular weight excluding hydrogens is 254 g/mol. The van der Waals surface area contributed by atoms with Gasteiger partial charge in [-0.05, 0) is 13.0 Å². The summed E-state index contributed by atoms with van der Waals surface area (Å²) in [6.07, 6.45) is 0.999. The average Bonchev–Trinajstić information content (AvgIpc) is 2.34. The molecule has 1 saturated heterocycles. The molecule has 0 aromatic rings. The largest absolute Gasteiger partial charge is 0.374 e. The number of amides is 1.